The summed E-state index contributed by atoms with van der Waals surface area (Å²) >= 11 is 0.932. The Morgan fingerprint density at radius 1 is 0.833 bits per heavy atom. The van der Waals surface area contributed by atoms with E-state index in [-0.39, 0.29) is 15.3 Å². The standard InChI is InChI=1S/C21H18F6N6O6S3/c1-38-18-29-16(30-19(31-18)40-3)28-17(32-41(34,35)14-10-6-4-8-12(14)20(22,23)24)33(39-2)42(36,37)15-11-7-5-9-13(15)21(25,26)27/h4-11H,1-3H3,(H,28,29,30,31,32)/p+1. The summed E-state index contributed by atoms with van der Waals surface area (Å²) in [5.74, 6) is -1.96. The number of nitrogens with one attached hydrogen (secondary N) is 2. The summed E-state index contributed by atoms with van der Waals surface area (Å²) < 4.78 is 142. The molecule has 0 spiro atoms. The van der Waals surface area contributed by atoms with Gasteiger partial charge in [-0.3, -0.25) is 0 Å². The van der Waals surface area contributed by atoms with Crippen LogP contribution in [0.2, 0.25) is 0 Å². The minimum atomic E-state index is -5.47. The quantitative estimate of drug-likeness (QED) is 0.0913. The van der Waals surface area contributed by atoms with Crippen molar-refractivity contribution in [3.63, 3.8) is 0 Å². The van der Waals surface area contributed by atoms with Gasteiger partial charge in [-0.1, -0.05) is 36.0 Å². The van der Waals surface area contributed by atoms with Crippen LogP contribution in [0.1, 0.15) is 11.1 Å². The number of hydrogen-bond acceptors (Lipinski definition) is 10. The lowest BCUT2D eigenvalue weighted by atomic mass is 10.2. The molecule has 3 aromatic rings. The van der Waals surface area contributed by atoms with Crippen molar-refractivity contribution in [3.8, 4) is 6.01 Å². The lowest BCUT2D eigenvalue weighted by Gasteiger charge is -2.16. The molecule has 0 radical (unpaired) electrons. The molecule has 12 nitrogen and oxygen atoms in total. The summed E-state index contributed by atoms with van der Waals surface area (Å²) in [7, 11) is -9.03. The van der Waals surface area contributed by atoms with Crippen molar-refractivity contribution < 1.29 is 56.9 Å². The van der Waals surface area contributed by atoms with E-state index in [4.69, 9.17) is 9.57 Å². The summed E-state index contributed by atoms with van der Waals surface area (Å²) in [6.45, 7) is 0. The van der Waals surface area contributed by atoms with Gasteiger partial charge in [0, 0.05) is 4.14 Å². The van der Waals surface area contributed by atoms with Crippen molar-refractivity contribution in [2.75, 3.05) is 25.8 Å². The Labute approximate surface area is 238 Å². The molecule has 3 rings (SSSR count). The predicted octanol–water partition coefficient (Wildman–Crippen LogP) is 3.35. The van der Waals surface area contributed by atoms with Crippen LogP contribution in [0.15, 0.2) is 63.5 Å². The number of nitrogens with zero attached hydrogens (tertiary/aromatic N) is 4. The van der Waals surface area contributed by atoms with Crippen LogP contribution in [0.5, 0.6) is 6.01 Å². The molecule has 2 N–H and O–H groups in total. The molecule has 0 atom stereocenters. The van der Waals surface area contributed by atoms with Crippen molar-refractivity contribution in [1.82, 2.24) is 19.7 Å². The second kappa shape index (κ2) is 12.2. The first kappa shape index (κ1) is 32.7. The van der Waals surface area contributed by atoms with Crippen LogP contribution >= 0.6 is 11.8 Å². The Morgan fingerprint density at radius 3 is 1.86 bits per heavy atom. The third kappa shape index (κ3) is 7.13. The van der Waals surface area contributed by atoms with Crippen molar-refractivity contribution in [2.45, 2.75) is 27.3 Å². The smallest absolute Gasteiger partial charge is 0.421 e. The third-order valence-corrected chi connectivity index (χ3v) is 8.56. The Morgan fingerprint density at radius 2 is 1.36 bits per heavy atom. The summed E-state index contributed by atoms with van der Waals surface area (Å²) in [4.78, 5) is 13.6. The van der Waals surface area contributed by atoms with E-state index in [1.54, 1.807) is 4.72 Å². The minimum absolute atomic E-state index is 0.0526. The molecule has 0 amide bonds. The molecule has 228 valence electrons. The summed E-state index contributed by atoms with van der Waals surface area (Å²) in [5, 5.41) is 2.08. The van der Waals surface area contributed by atoms with Crippen molar-refractivity contribution in [2.24, 2.45) is 0 Å². The highest BCUT2D eigenvalue weighted by molar-refractivity contribution is 7.98. The molecule has 0 fully saturated rings. The van der Waals surface area contributed by atoms with E-state index in [0.29, 0.717) is 31.4 Å². The maximum Gasteiger partial charge on any atom is 0.421 e. The second-order valence-corrected chi connectivity index (χ2v) is 11.8. The van der Waals surface area contributed by atoms with Gasteiger partial charge in [-0.05, 0) is 30.5 Å². The normalized spacial score (nSPS) is 13.3. The summed E-state index contributed by atoms with van der Waals surface area (Å²) in [6, 6.07) is 5.39. The van der Waals surface area contributed by atoms with E-state index in [1.165, 1.54) is 6.26 Å². The zero-order chi connectivity index (χ0) is 31.5. The Hall–Kier alpha value is -3.85. The molecule has 21 heteroatoms. The molecule has 42 heavy (non-hydrogen) atoms. The van der Waals surface area contributed by atoms with Crippen LogP contribution < -0.4 is 14.8 Å². The number of anilines is 1. The number of rotatable bonds is 8. The second-order valence-electron chi connectivity index (χ2n) is 7.61. The Bertz CT molecular complexity index is 1690. The zero-order valence-corrected chi connectivity index (χ0v) is 23.8. The van der Waals surface area contributed by atoms with Gasteiger partial charge in [0.05, 0.1) is 18.2 Å². The molecule has 0 aliphatic rings. The monoisotopic (exact) mass is 661 g/mol. The number of ether oxygens (including phenoxy) is 1. The molecule has 0 saturated carbocycles. The lowest BCUT2D eigenvalue weighted by Crippen LogP contribution is -2.45. The molecule has 0 aliphatic heterocycles. The molecule has 1 aromatic heterocycles. The molecule has 0 saturated heterocycles. The number of sulfonamides is 2. The average molecular weight is 662 g/mol. The van der Waals surface area contributed by atoms with Gasteiger partial charge in [0.25, 0.3) is 5.95 Å². The molecule has 0 bridgehead atoms. The third-order valence-electron chi connectivity index (χ3n) is 4.94. The van der Waals surface area contributed by atoms with E-state index in [2.05, 4.69) is 20.3 Å². The van der Waals surface area contributed by atoms with E-state index in [1.807, 2.05) is 0 Å². The van der Waals surface area contributed by atoms with E-state index in [0.717, 1.165) is 43.1 Å². The van der Waals surface area contributed by atoms with Crippen molar-refractivity contribution >= 4 is 43.7 Å². The minimum Gasteiger partial charge on any atom is -0.467 e. The number of benzene rings is 2. The van der Waals surface area contributed by atoms with Gasteiger partial charge in [-0.25, -0.2) is 5.32 Å². The molecule has 1 heterocycles. The Balaban J connectivity index is 2.34. The largest absolute Gasteiger partial charge is 0.467 e. The molecule has 0 aliphatic carbocycles. The maximum absolute atomic E-state index is 13.7. The fourth-order valence-electron chi connectivity index (χ4n) is 3.23. The van der Waals surface area contributed by atoms with Crippen LogP contribution in [0, 0.1) is 0 Å². The van der Waals surface area contributed by atoms with Crippen LogP contribution in [-0.2, 0) is 37.2 Å². The Kier molecular flexibility index (Phi) is 9.47. The first-order chi connectivity index (χ1) is 19.5. The number of hydrogen-bond donors (Lipinski definition) is 2. The zero-order valence-electron chi connectivity index (χ0n) is 21.3. The predicted molar refractivity (Wildman–Crippen MR) is 134 cm³/mol. The number of methoxy groups -OCH3 is 1. The van der Waals surface area contributed by atoms with E-state index in [9.17, 15) is 43.2 Å². The number of alkyl halides is 6. The van der Waals surface area contributed by atoms with Gasteiger partial charge in [-0.2, -0.15) is 57.9 Å². The van der Waals surface area contributed by atoms with Crippen LogP contribution in [0.4, 0.5) is 32.3 Å². The van der Waals surface area contributed by atoms with Gasteiger partial charge >= 0.3 is 44.4 Å². The molecular formula is C21H19F6N6O6S3+. The van der Waals surface area contributed by atoms with Crippen LogP contribution in [0.3, 0.4) is 0 Å². The fourth-order valence-corrected chi connectivity index (χ4v) is 6.29. The molecule has 0 unspecified atom stereocenters. The average Bonchev–Trinajstić information content (AvgIpc) is 2.91. The summed E-state index contributed by atoms with van der Waals surface area (Å²) in [5.41, 5.74) is -3.28. The number of guanidine groups is 1. The first-order valence-corrected chi connectivity index (χ1v) is 15.0. The van der Waals surface area contributed by atoms with Gasteiger partial charge in [0.2, 0.25) is 0 Å². The fraction of sp³-hybridized carbons (Fsp3) is 0.238. The van der Waals surface area contributed by atoms with Gasteiger partial charge in [0.15, 0.2) is 5.16 Å². The molecule has 2 aromatic carbocycles. The van der Waals surface area contributed by atoms with Crippen LogP contribution in [-0.4, -0.2) is 62.4 Å². The number of aromatic nitrogens is 3. The van der Waals surface area contributed by atoms with Gasteiger partial charge in [0.1, 0.15) is 16.9 Å². The molecular weight excluding hydrogens is 642 g/mol. The lowest BCUT2D eigenvalue weighted by molar-refractivity contribution is -0.667. The van der Waals surface area contributed by atoms with Gasteiger partial charge < -0.3 is 9.57 Å². The van der Waals surface area contributed by atoms with E-state index >= 15 is 0 Å². The highest BCUT2D eigenvalue weighted by Crippen LogP contribution is 2.35. The SMILES string of the molecule is COc1nc(NC(NS(=O)(=O)c2ccccc2C(F)(F)F)=[N+](OC)S(=O)(=O)c2ccccc2C(F)(F)F)nc(SC)n1. The summed E-state index contributed by atoms with van der Waals surface area (Å²) in [6.07, 6.45) is -8.86. The van der Waals surface area contributed by atoms with E-state index < -0.39 is 65.2 Å². The highest BCUT2D eigenvalue weighted by Gasteiger charge is 2.43. The van der Waals surface area contributed by atoms with Crippen molar-refractivity contribution in [1.29, 1.82) is 0 Å². The number of halogens is 6. The number of thioether (sulfide) groups is 1. The van der Waals surface area contributed by atoms with Gasteiger partial charge in [-0.15, -0.1) is 4.98 Å². The highest BCUT2D eigenvalue weighted by atomic mass is 32.2. The maximum atomic E-state index is 13.7. The first-order valence-electron chi connectivity index (χ1n) is 10.9. The topological polar surface area (TPSA) is 152 Å². The van der Waals surface area contributed by atoms with Crippen LogP contribution in [0.25, 0.3) is 0 Å². The van der Waals surface area contributed by atoms with Crippen molar-refractivity contribution in [3.05, 3.63) is 59.7 Å².